The summed E-state index contributed by atoms with van der Waals surface area (Å²) in [7, 11) is 0. The Morgan fingerprint density at radius 2 is 1.82 bits per heavy atom. The average molecular weight is 459 g/mol. The fraction of sp³-hybridized carbons (Fsp3) is 0.167. The average Bonchev–Trinajstić information content (AvgIpc) is 2.73. The van der Waals surface area contributed by atoms with E-state index in [9.17, 15) is 22.0 Å². The van der Waals surface area contributed by atoms with Crippen molar-refractivity contribution < 1.29 is 26.7 Å². The first-order valence-corrected chi connectivity index (χ1v) is 9.83. The van der Waals surface area contributed by atoms with E-state index in [2.05, 4.69) is 16.6 Å². The number of ether oxygens (including phenoxy) is 1. The van der Waals surface area contributed by atoms with Crippen LogP contribution in [0.2, 0.25) is 0 Å². The summed E-state index contributed by atoms with van der Waals surface area (Å²) < 4.78 is 73.5. The van der Waals surface area contributed by atoms with E-state index in [0.717, 1.165) is 12.1 Å². The summed E-state index contributed by atoms with van der Waals surface area (Å²) in [6.07, 6.45) is -1.88. The van der Waals surface area contributed by atoms with Crippen LogP contribution in [0.5, 0.6) is 11.6 Å². The number of aryl methyl sites for hydroxylation is 2. The largest absolute Gasteiger partial charge is 0.438 e. The Morgan fingerprint density at radius 1 is 1.06 bits per heavy atom. The van der Waals surface area contributed by atoms with Gasteiger partial charge in [-0.25, -0.2) is 18.8 Å². The maximum absolute atomic E-state index is 14.3. The number of aliphatic imine (C=N–C) groups is 1. The van der Waals surface area contributed by atoms with Crippen molar-refractivity contribution in [2.45, 2.75) is 26.6 Å². The first-order chi connectivity index (χ1) is 15.5. The van der Waals surface area contributed by atoms with Crippen LogP contribution in [0.25, 0.3) is 5.70 Å². The summed E-state index contributed by atoms with van der Waals surface area (Å²) in [5, 5.41) is 0. The summed E-state index contributed by atoms with van der Waals surface area (Å²) in [4.78, 5) is 9.63. The molecule has 0 saturated carbocycles. The molecular weight excluding hydrogens is 441 g/mol. The van der Waals surface area contributed by atoms with Gasteiger partial charge in [0.1, 0.15) is 22.9 Å². The van der Waals surface area contributed by atoms with Crippen LogP contribution in [-0.2, 0) is 12.7 Å². The minimum atomic E-state index is -4.63. The normalized spacial score (nSPS) is 13.3. The van der Waals surface area contributed by atoms with Crippen LogP contribution in [0.1, 0.15) is 27.8 Å². The van der Waals surface area contributed by atoms with E-state index < -0.39 is 29.3 Å². The maximum atomic E-state index is 14.3. The lowest BCUT2D eigenvalue weighted by Gasteiger charge is -2.27. The number of hydrogen-bond acceptors (Lipinski definition) is 4. The second kappa shape index (κ2) is 8.31. The van der Waals surface area contributed by atoms with Crippen molar-refractivity contribution in [2.75, 3.05) is 4.90 Å². The third-order valence-electron chi connectivity index (χ3n) is 5.16. The van der Waals surface area contributed by atoms with Gasteiger partial charge in [-0.05, 0) is 55.3 Å². The van der Waals surface area contributed by atoms with Gasteiger partial charge in [-0.2, -0.15) is 13.2 Å². The lowest BCUT2D eigenvalue weighted by molar-refractivity contribution is -0.138. The highest BCUT2D eigenvalue weighted by molar-refractivity contribution is 5.94. The minimum Gasteiger partial charge on any atom is -0.438 e. The van der Waals surface area contributed by atoms with Crippen molar-refractivity contribution in [1.82, 2.24) is 4.98 Å². The molecule has 0 spiro atoms. The second-order valence-corrected chi connectivity index (χ2v) is 7.65. The van der Waals surface area contributed by atoms with E-state index >= 15 is 0 Å². The molecule has 0 atom stereocenters. The highest BCUT2D eigenvalue weighted by atomic mass is 19.4. The Morgan fingerprint density at radius 3 is 2.52 bits per heavy atom. The molecule has 4 rings (SSSR count). The molecule has 9 heteroatoms. The zero-order valence-electron chi connectivity index (χ0n) is 17.7. The van der Waals surface area contributed by atoms with Crippen LogP contribution < -0.4 is 9.64 Å². The second-order valence-electron chi connectivity index (χ2n) is 7.65. The number of alkyl halides is 3. The van der Waals surface area contributed by atoms with Crippen LogP contribution in [0, 0.1) is 25.5 Å². The number of rotatable bonds is 4. The molecule has 0 unspecified atom stereocenters. The standard InChI is InChI=1S/C24H18F5N3O/c1-13-6-20(24(27,28)29)23(30-10-13)33-17-4-5-22-18(9-17)15(3)31-12-32(22)11-19-14(2)7-16(25)8-21(19)26/h4-10,12H,3,11H2,1-2H3. The number of hydrogen-bond donors (Lipinski definition) is 0. The zero-order valence-corrected chi connectivity index (χ0v) is 17.7. The molecular formula is C24H18F5N3O. The lowest BCUT2D eigenvalue weighted by atomic mass is 10.0. The molecule has 4 nitrogen and oxygen atoms in total. The smallest absolute Gasteiger partial charge is 0.421 e. The van der Waals surface area contributed by atoms with Crippen LogP contribution in [-0.4, -0.2) is 11.3 Å². The predicted octanol–water partition coefficient (Wildman–Crippen LogP) is 6.81. The molecule has 0 N–H and O–H groups in total. The molecule has 33 heavy (non-hydrogen) atoms. The summed E-state index contributed by atoms with van der Waals surface area (Å²) in [5.41, 5.74) is 1.55. The quantitative estimate of drug-likeness (QED) is 0.403. The van der Waals surface area contributed by atoms with Crippen LogP contribution in [0.3, 0.4) is 0 Å². The summed E-state index contributed by atoms with van der Waals surface area (Å²) in [6, 6.07) is 7.60. The number of aromatic nitrogens is 1. The van der Waals surface area contributed by atoms with Crippen molar-refractivity contribution >= 4 is 17.7 Å². The topological polar surface area (TPSA) is 37.7 Å². The molecule has 0 radical (unpaired) electrons. The SMILES string of the molecule is C=C1N=CN(Cc2c(C)cc(F)cc2F)c2ccc(Oc3ncc(C)cc3C(F)(F)F)cc21. The number of halogens is 5. The van der Waals surface area contributed by atoms with E-state index in [1.165, 1.54) is 37.7 Å². The Hall–Kier alpha value is -3.75. The first-order valence-electron chi connectivity index (χ1n) is 9.83. The molecule has 1 aromatic heterocycles. The fourth-order valence-corrected chi connectivity index (χ4v) is 3.51. The molecule has 0 aliphatic carbocycles. The molecule has 0 bridgehead atoms. The Bertz CT molecular complexity index is 1260. The van der Waals surface area contributed by atoms with Gasteiger partial charge in [-0.1, -0.05) is 6.58 Å². The predicted molar refractivity (Wildman–Crippen MR) is 115 cm³/mol. The Balaban J connectivity index is 1.67. The van der Waals surface area contributed by atoms with Gasteiger partial charge in [-0.3, -0.25) is 0 Å². The van der Waals surface area contributed by atoms with Gasteiger partial charge >= 0.3 is 6.18 Å². The molecule has 1 aliphatic rings. The molecule has 170 valence electrons. The van der Waals surface area contributed by atoms with Gasteiger partial charge in [0.2, 0.25) is 5.88 Å². The van der Waals surface area contributed by atoms with Gasteiger partial charge in [0.25, 0.3) is 0 Å². The van der Waals surface area contributed by atoms with Gasteiger partial charge in [-0.15, -0.1) is 0 Å². The van der Waals surface area contributed by atoms with Gasteiger partial charge in [0, 0.05) is 23.4 Å². The number of pyridine rings is 1. The van der Waals surface area contributed by atoms with Crippen molar-refractivity contribution in [2.24, 2.45) is 4.99 Å². The number of benzene rings is 2. The summed E-state index contributed by atoms with van der Waals surface area (Å²) in [5.74, 6) is -1.81. The Labute approximate surface area is 186 Å². The van der Waals surface area contributed by atoms with Crippen LogP contribution in [0.15, 0.2) is 54.2 Å². The third-order valence-corrected chi connectivity index (χ3v) is 5.16. The maximum Gasteiger partial charge on any atom is 0.421 e. The summed E-state index contributed by atoms with van der Waals surface area (Å²) in [6.45, 7) is 7.04. The van der Waals surface area contributed by atoms with E-state index in [1.807, 2.05) is 0 Å². The molecule has 0 fully saturated rings. The molecule has 2 heterocycles. The van der Waals surface area contributed by atoms with Gasteiger partial charge < -0.3 is 9.64 Å². The molecule has 0 saturated heterocycles. The highest BCUT2D eigenvalue weighted by Gasteiger charge is 2.35. The number of fused-ring (bicyclic) bond motifs is 1. The minimum absolute atomic E-state index is 0.0691. The number of anilines is 1. The highest BCUT2D eigenvalue weighted by Crippen LogP contribution is 2.39. The monoisotopic (exact) mass is 459 g/mol. The van der Waals surface area contributed by atoms with Crippen molar-refractivity contribution in [3.05, 3.63) is 88.6 Å². The molecule has 1 aliphatic heterocycles. The molecule has 0 amide bonds. The third kappa shape index (κ3) is 4.57. The van der Waals surface area contributed by atoms with Crippen molar-refractivity contribution in [1.29, 1.82) is 0 Å². The fourth-order valence-electron chi connectivity index (χ4n) is 3.51. The lowest BCUT2D eigenvalue weighted by Crippen LogP contribution is -2.25. The van der Waals surface area contributed by atoms with Gasteiger partial charge in [0.05, 0.1) is 24.3 Å². The van der Waals surface area contributed by atoms with E-state index in [0.29, 0.717) is 33.6 Å². The van der Waals surface area contributed by atoms with Crippen LogP contribution >= 0.6 is 0 Å². The number of nitrogens with zero attached hydrogens (tertiary/aromatic N) is 3. The van der Waals surface area contributed by atoms with Crippen molar-refractivity contribution in [3.8, 4) is 11.6 Å². The van der Waals surface area contributed by atoms with Crippen LogP contribution in [0.4, 0.5) is 27.6 Å². The van der Waals surface area contributed by atoms with E-state index in [4.69, 9.17) is 4.74 Å². The Kier molecular flexibility index (Phi) is 5.65. The summed E-state index contributed by atoms with van der Waals surface area (Å²) >= 11 is 0. The zero-order chi connectivity index (χ0) is 23.9. The van der Waals surface area contributed by atoms with Gasteiger partial charge in [0.15, 0.2) is 0 Å². The van der Waals surface area contributed by atoms with Crippen molar-refractivity contribution in [3.63, 3.8) is 0 Å². The van der Waals surface area contributed by atoms with E-state index in [1.54, 1.807) is 17.9 Å². The molecule has 2 aromatic carbocycles. The van der Waals surface area contributed by atoms with E-state index in [-0.39, 0.29) is 12.3 Å². The molecule has 3 aromatic rings. The first kappa shape index (κ1) is 22.4.